The molecule has 0 radical (unpaired) electrons. The van der Waals surface area contributed by atoms with E-state index in [1.54, 1.807) is 29.2 Å². The average Bonchev–Trinajstić information content (AvgIpc) is 3.26. The SMILES string of the molecule is O=C(O)COc1ccc(/C=C2/SC(=O)N(CC(=O)N3CCCC3)C2=O)cc1Br. The van der Waals surface area contributed by atoms with Crippen LogP contribution in [0.5, 0.6) is 5.75 Å². The second-order valence-electron chi connectivity index (χ2n) is 6.23. The molecule has 2 fully saturated rings. The first-order chi connectivity index (χ1) is 13.3. The van der Waals surface area contributed by atoms with E-state index in [-0.39, 0.29) is 17.4 Å². The van der Waals surface area contributed by atoms with Crippen LogP contribution < -0.4 is 4.74 Å². The highest BCUT2D eigenvalue weighted by molar-refractivity contribution is 9.10. The van der Waals surface area contributed by atoms with Crippen LogP contribution in [0.4, 0.5) is 4.79 Å². The molecule has 28 heavy (non-hydrogen) atoms. The Balaban J connectivity index is 1.69. The number of imide groups is 1. The molecule has 148 valence electrons. The normalized spacial score (nSPS) is 18.2. The maximum absolute atomic E-state index is 12.5. The molecule has 1 aromatic rings. The van der Waals surface area contributed by atoms with E-state index in [4.69, 9.17) is 9.84 Å². The first-order valence-electron chi connectivity index (χ1n) is 8.52. The molecule has 3 rings (SSSR count). The molecule has 8 nitrogen and oxygen atoms in total. The number of nitrogens with zero attached hydrogens (tertiary/aromatic N) is 2. The number of benzene rings is 1. The number of likely N-dealkylation sites (tertiary alicyclic amines) is 1. The van der Waals surface area contributed by atoms with Crippen molar-refractivity contribution in [2.45, 2.75) is 12.8 Å². The number of carbonyl (C=O) groups excluding carboxylic acids is 3. The summed E-state index contributed by atoms with van der Waals surface area (Å²) in [5.41, 5.74) is 0.630. The smallest absolute Gasteiger partial charge is 0.341 e. The monoisotopic (exact) mass is 468 g/mol. The molecule has 0 spiro atoms. The molecular formula is C18H17BrN2O6S. The summed E-state index contributed by atoms with van der Waals surface area (Å²) >= 11 is 4.08. The number of thioether (sulfide) groups is 1. The van der Waals surface area contributed by atoms with Crippen molar-refractivity contribution in [3.63, 3.8) is 0 Å². The zero-order valence-electron chi connectivity index (χ0n) is 14.7. The second kappa shape index (κ2) is 8.78. The minimum Gasteiger partial charge on any atom is -0.481 e. The number of ether oxygens (including phenoxy) is 1. The van der Waals surface area contributed by atoms with Gasteiger partial charge in [-0.3, -0.25) is 19.3 Å². The van der Waals surface area contributed by atoms with Gasteiger partial charge in [-0.05, 0) is 64.3 Å². The van der Waals surface area contributed by atoms with E-state index >= 15 is 0 Å². The van der Waals surface area contributed by atoms with E-state index in [2.05, 4.69) is 15.9 Å². The van der Waals surface area contributed by atoms with Crippen LogP contribution in [0.25, 0.3) is 6.08 Å². The summed E-state index contributed by atoms with van der Waals surface area (Å²) in [6.07, 6.45) is 3.43. The molecule has 2 aliphatic heterocycles. The second-order valence-corrected chi connectivity index (χ2v) is 8.08. The lowest BCUT2D eigenvalue weighted by atomic mass is 10.2. The number of rotatable bonds is 6. The summed E-state index contributed by atoms with van der Waals surface area (Å²) in [6.45, 7) is 0.611. The van der Waals surface area contributed by atoms with Crippen molar-refractivity contribution in [1.82, 2.24) is 9.80 Å². The van der Waals surface area contributed by atoms with E-state index in [1.807, 2.05) is 0 Å². The van der Waals surface area contributed by atoms with E-state index in [1.165, 1.54) is 0 Å². The highest BCUT2D eigenvalue weighted by atomic mass is 79.9. The van der Waals surface area contributed by atoms with Crippen LogP contribution in [-0.2, 0) is 14.4 Å². The fourth-order valence-electron chi connectivity index (χ4n) is 2.85. The molecule has 0 unspecified atom stereocenters. The highest BCUT2D eigenvalue weighted by Crippen LogP contribution is 2.34. The Labute approximate surface area is 173 Å². The predicted octanol–water partition coefficient (Wildman–Crippen LogP) is 2.57. The van der Waals surface area contributed by atoms with E-state index in [0.717, 1.165) is 29.5 Å². The summed E-state index contributed by atoms with van der Waals surface area (Å²) in [6, 6.07) is 4.87. The highest BCUT2D eigenvalue weighted by Gasteiger charge is 2.37. The van der Waals surface area contributed by atoms with Gasteiger partial charge >= 0.3 is 5.97 Å². The first-order valence-corrected chi connectivity index (χ1v) is 10.1. The molecule has 2 aliphatic rings. The molecule has 1 aromatic carbocycles. The summed E-state index contributed by atoms with van der Waals surface area (Å²) in [4.78, 5) is 50.4. The maximum atomic E-state index is 12.5. The van der Waals surface area contributed by atoms with E-state index in [9.17, 15) is 19.2 Å². The molecule has 0 saturated carbocycles. The Hall–Kier alpha value is -2.33. The van der Waals surface area contributed by atoms with Gasteiger partial charge in [0.15, 0.2) is 6.61 Å². The van der Waals surface area contributed by atoms with Crippen LogP contribution >= 0.6 is 27.7 Å². The molecule has 0 bridgehead atoms. The number of carboxylic acid groups (broad SMARTS) is 1. The van der Waals surface area contributed by atoms with Gasteiger partial charge in [0.05, 0.1) is 9.38 Å². The molecule has 1 N–H and O–H groups in total. The van der Waals surface area contributed by atoms with Crippen LogP contribution in [0.3, 0.4) is 0 Å². The minimum absolute atomic E-state index is 0.219. The van der Waals surface area contributed by atoms with Gasteiger partial charge in [-0.15, -0.1) is 0 Å². The van der Waals surface area contributed by atoms with Crippen LogP contribution in [0.15, 0.2) is 27.6 Å². The Morgan fingerprint density at radius 2 is 1.96 bits per heavy atom. The third-order valence-corrected chi connectivity index (χ3v) is 5.76. The number of aliphatic carboxylic acids is 1. The van der Waals surface area contributed by atoms with Crippen molar-refractivity contribution >= 4 is 56.8 Å². The van der Waals surface area contributed by atoms with Crippen molar-refractivity contribution in [2.24, 2.45) is 0 Å². The van der Waals surface area contributed by atoms with Crippen molar-refractivity contribution < 1.29 is 29.0 Å². The van der Waals surface area contributed by atoms with Crippen LogP contribution in [0.2, 0.25) is 0 Å². The van der Waals surface area contributed by atoms with Crippen molar-refractivity contribution in [1.29, 1.82) is 0 Å². The molecule has 0 atom stereocenters. The molecular weight excluding hydrogens is 452 g/mol. The van der Waals surface area contributed by atoms with Gasteiger partial charge in [0.1, 0.15) is 12.3 Å². The van der Waals surface area contributed by atoms with Crippen molar-refractivity contribution in [3.8, 4) is 5.75 Å². The minimum atomic E-state index is -1.09. The number of hydrogen-bond acceptors (Lipinski definition) is 6. The molecule has 10 heteroatoms. The molecule has 2 saturated heterocycles. The van der Waals surface area contributed by atoms with Crippen molar-refractivity contribution in [2.75, 3.05) is 26.2 Å². The number of hydrogen-bond donors (Lipinski definition) is 1. The van der Waals surface area contributed by atoms with Crippen molar-refractivity contribution in [3.05, 3.63) is 33.1 Å². The lowest BCUT2D eigenvalue weighted by Crippen LogP contribution is -2.40. The third kappa shape index (κ3) is 4.74. The molecule has 2 heterocycles. The van der Waals surface area contributed by atoms with Gasteiger partial charge in [0.25, 0.3) is 11.1 Å². The van der Waals surface area contributed by atoms with E-state index < -0.39 is 23.7 Å². The largest absolute Gasteiger partial charge is 0.481 e. The Kier molecular flexibility index (Phi) is 6.40. The van der Waals surface area contributed by atoms with Gasteiger partial charge in [-0.2, -0.15) is 0 Å². The maximum Gasteiger partial charge on any atom is 0.341 e. The number of carbonyl (C=O) groups is 4. The average molecular weight is 469 g/mol. The Bertz CT molecular complexity index is 866. The summed E-state index contributed by atoms with van der Waals surface area (Å²) < 4.78 is 5.65. The summed E-state index contributed by atoms with van der Waals surface area (Å²) in [5.74, 6) is -1.45. The molecule has 0 aromatic heterocycles. The van der Waals surface area contributed by atoms with Gasteiger partial charge in [-0.25, -0.2) is 4.79 Å². The topological polar surface area (TPSA) is 104 Å². The lowest BCUT2D eigenvalue weighted by molar-refractivity contribution is -0.139. The quantitative estimate of drug-likeness (QED) is 0.639. The summed E-state index contributed by atoms with van der Waals surface area (Å²) in [5, 5.41) is 8.20. The van der Waals surface area contributed by atoms with Crippen LogP contribution in [0.1, 0.15) is 18.4 Å². The summed E-state index contributed by atoms with van der Waals surface area (Å²) in [7, 11) is 0. The van der Waals surface area contributed by atoms with Gasteiger partial charge in [0, 0.05) is 13.1 Å². The third-order valence-electron chi connectivity index (χ3n) is 4.23. The molecule has 3 amide bonds. The molecule has 0 aliphatic carbocycles. The van der Waals surface area contributed by atoms with Gasteiger partial charge < -0.3 is 14.7 Å². The number of amides is 3. The fourth-order valence-corrected chi connectivity index (χ4v) is 4.20. The van der Waals surface area contributed by atoms with Gasteiger partial charge in [0.2, 0.25) is 5.91 Å². The Morgan fingerprint density at radius 3 is 2.61 bits per heavy atom. The fraction of sp³-hybridized carbons (Fsp3) is 0.333. The predicted molar refractivity (Wildman–Crippen MR) is 106 cm³/mol. The zero-order valence-corrected chi connectivity index (χ0v) is 17.1. The first kappa shape index (κ1) is 20.4. The van der Waals surface area contributed by atoms with Gasteiger partial charge in [-0.1, -0.05) is 6.07 Å². The number of carboxylic acids is 1. The number of halogens is 1. The van der Waals surface area contributed by atoms with E-state index in [0.29, 0.717) is 28.9 Å². The lowest BCUT2D eigenvalue weighted by Gasteiger charge is -2.18. The van der Waals surface area contributed by atoms with Crippen LogP contribution in [0, 0.1) is 0 Å². The Morgan fingerprint density at radius 1 is 1.25 bits per heavy atom. The standard InChI is InChI=1S/C18H17BrN2O6S/c19-12-7-11(3-4-13(12)27-10-16(23)24)8-14-17(25)21(18(26)28-14)9-15(22)20-5-1-2-6-20/h3-4,7-8H,1-2,5-6,9-10H2,(H,23,24)/b14-8+. The zero-order chi connectivity index (χ0) is 20.3. The van der Waals surface area contributed by atoms with Crippen LogP contribution in [-0.4, -0.2) is 64.2 Å².